The van der Waals surface area contributed by atoms with E-state index in [1.807, 2.05) is 52.0 Å². The summed E-state index contributed by atoms with van der Waals surface area (Å²) in [5.74, 6) is 0.137. The monoisotopic (exact) mass is 339 g/mol. The molecular weight excluding hydrogens is 314 g/mol. The summed E-state index contributed by atoms with van der Waals surface area (Å²) < 4.78 is 5.11. The lowest BCUT2D eigenvalue weighted by atomic mass is 10.0. The van der Waals surface area contributed by atoms with Gasteiger partial charge in [0.1, 0.15) is 0 Å². The molecular formula is C20H25N3O2. The first kappa shape index (κ1) is 18.6. The minimum absolute atomic E-state index is 0.145. The van der Waals surface area contributed by atoms with Crippen molar-refractivity contribution in [1.82, 2.24) is 9.97 Å². The minimum Gasteiger partial charge on any atom is -0.461 e. The third-order valence-corrected chi connectivity index (χ3v) is 3.75. The molecule has 0 amide bonds. The Hall–Kier alpha value is -2.69. The van der Waals surface area contributed by atoms with Gasteiger partial charge in [-0.3, -0.25) is 0 Å². The number of ether oxygens (including phenoxy) is 1. The van der Waals surface area contributed by atoms with Crippen molar-refractivity contribution in [3.8, 4) is 0 Å². The normalized spacial score (nSPS) is 12.1. The molecule has 2 N–H and O–H groups in total. The number of aryl methyl sites for hydroxylation is 1. The predicted molar refractivity (Wildman–Crippen MR) is 99.1 cm³/mol. The fourth-order valence-corrected chi connectivity index (χ4v) is 2.52. The van der Waals surface area contributed by atoms with Gasteiger partial charge in [0.05, 0.1) is 6.61 Å². The molecule has 0 aliphatic carbocycles. The van der Waals surface area contributed by atoms with Gasteiger partial charge in [0.15, 0.2) is 11.5 Å². The number of hydrogen-bond donors (Lipinski definition) is 1. The van der Waals surface area contributed by atoms with Gasteiger partial charge in [0.2, 0.25) is 0 Å². The second-order valence-corrected chi connectivity index (χ2v) is 6.30. The molecule has 5 heteroatoms. The molecule has 0 aliphatic heterocycles. The Morgan fingerprint density at radius 1 is 1.24 bits per heavy atom. The Bertz CT molecular complexity index is 806. The summed E-state index contributed by atoms with van der Waals surface area (Å²) in [5.41, 5.74) is 10.5. The summed E-state index contributed by atoms with van der Waals surface area (Å²) in [6, 6.07) is 9.66. The van der Waals surface area contributed by atoms with Gasteiger partial charge in [-0.15, -0.1) is 0 Å². The van der Waals surface area contributed by atoms with Crippen molar-refractivity contribution in [1.29, 1.82) is 0 Å². The van der Waals surface area contributed by atoms with Crippen LogP contribution in [0.4, 0.5) is 0 Å². The molecule has 0 aliphatic rings. The Balaban J connectivity index is 2.65. The highest BCUT2D eigenvalue weighted by Gasteiger charge is 2.18. The molecule has 132 valence electrons. The number of nitrogens with two attached hydrogens (primary N) is 1. The van der Waals surface area contributed by atoms with Gasteiger partial charge >= 0.3 is 5.97 Å². The van der Waals surface area contributed by atoms with Crippen molar-refractivity contribution < 1.29 is 9.53 Å². The van der Waals surface area contributed by atoms with Crippen LogP contribution in [0.25, 0.3) is 5.57 Å². The standard InChI is InChI=1S/C20H25N3O2/c1-6-25-20(24)17-11-16(12(2)3)22-19(23-17)18(14(5)21)15-9-7-8-13(4)10-15/h7-12H,6,21H2,1-5H3. The lowest BCUT2D eigenvalue weighted by Gasteiger charge is -2.14. The molecule has 5 nitrogen and oxygen atoms in total. The number of benzene rings is 1. The second-order valence-electron chi connectivity index (χ2n) is 6.30. The van der Waals surface area contributed by atoms with Gasteiger partial charge in [0.25, 0.3) is 0 Å². The van der Waals surface area contributed by atoms with Crippen molar-refractivity contribution in [2.24, 2.45) is 5.73 Å². The first-order chi connectivity index (χ1) is 11.8. The summed E-state index contributed by atoms with van der Waals surface area (Å²) in [5, 5.41) is 0. The zero-order chi connectivity index (χ0) is 18.6. The van der Waals surface area contributed by atoms with E-state index in [-0.39, 0.29) is 11.6 Å². The molecule has 2 rings (SSSR count). The van der Waals surface area contributed by atoms with Gasteiger partial charge in [-0.1, -0.05) is 43.7 Å². The van der Waals surface area contributed by atoms with Crippen molar-refractivity contribution in [3.63, 3.8) is 0 Å². The zero-order valence-corrected chi connectivity index (χ0v) is 15.5. The Morgan fingerprint density at radius 3 is 2.52 bits per heavy atom. The average Bonchev–Trinajstić information content (AvgIpc) is 2.54. The van der Waals surface area contributed by atoms with E-state index in [2.05, 4.69) is 9.97 Å². The summed E-state index contributed by atoms with van der Waals surface area (Å²) in [6.45, 7) is 9.94. The lowest BCUT2D eigenvalue weighted by molar-refractivity contribution is 0.0519. The van der Waals surface area contributed by atoms with E-state index in [1.54, 1.807) is 13.0 Å². The molecule has 0 bridgehead atoms. The number of esters is 1. The Morgan fingerprint density at radius 2 is 1.96 bits per heavy atom. The average molecular weight is 339 g/mol. The number of nitrogens with zero attached hydrogens (tertiary/aromatic N) is 2. The summed E-state index contributed by atoms with van der Waals surface area (Å²) >= 11 is 0. The van der Waals surface area contributed by atoms with Crippen LogP contribution in [0.3, 0.4) is 0 Å². The number of carbonyl (C=O) groups is 1. The fourth-order valence-electron chi connectivity index (χ4n) is 2.52. The molecule has 1 heterocycles. The van der Waals surface area contributed by atoms with Crippen LogP contribution in [-0.4, -0.2) is 22.5 Å². The second kappa shape index (κ2) is 7.92. The largest absolute Gasteiger partial charge is 0.461 e. The van der Waals surface area contributed by atoms with Gasteiger partial charge in [-0.05, 0) is 38.3 Å². The molecule has 2 aromatic rings. The van der Waals surface area contributed by atoms with Crippen LogP contribution in [0.2, 0.25) is 0 Å². The number of rotatable bonds is 5. The van der Waals surface area contributed by atoms with E-state index in [0.717, 1.165) is 22.4 Å². The highest BCUT2D eigenvalue weighted by atomic mass is 16.5. The molecule has 0 radical (unpaired) electrons. The van der Waals surface area contributed by atoms with E-state index in [9.17, 15) is 4.79 Å². The fraction of sp³-hybridized carbons (Fsp3) is 0.350. The van der Waals surface area contributed by atoms with Crippen LogP contribution in [0, 0.1) is 6.92 Å². The third-order valence-electron chi connectivity index (χ3n) is 3.75. The van der Waals surface area contributed by atoms with Gasteiger partial charge in [0, 0.05) is 17.0 Å². The molecule has 0 unspecified atom stereocenters. The quantitative estimate of drug-likeness (QED) is 0.838. The maximum Gasteiger partial charge on any atom is 0.357 e. The number of carbonyl (C=O) groups excluding carboxylic acids is 1. The van der Waals surface area contributed by atoms with Crippen LogP contribution < -0.4 is 5.73 Å². The highest BCUT2D eigenvalue weighted by Crippen LogP contribution is 2.25. The zero-order valence-electron chi connectivity index (χ0n) is 15.5. The lowest BCUT2D eigenvalue weighted by Crippen LogP contribution is -2.13. The van der Waals surface area contributed by atoms with Crippen molar-refractivity contribution in [2.75, 3.05) is 6.61 Å². The summed E-state index contributed by atoms with van der Waals surface area (Å²) in [7, 11) is 0. The topological polar surface area (TPSA) is 78.1 Å². The molecule has 0 saturated carbocycles. The molecule has 0 saturated heterocycles. The SMILES string of the molecule is CCOC(=O)c1cc(C(C)C)nc(C(=C(C)N)c2cccc(C)c2)n1. The van der Waals surface area contributed by atoms with E-state index in [0.29, 0.717) is 18.1 Å². The minimum atomic E-state index is -0.452. The molecule has 1 aromatic carbocycles. The van der Waals surface area contributed by atoms with Crippen LogP contribution >= 0.6 is 0 Å². The van der Waals surface area contributed by atoms with Gasteiger partial charge in [-0.2, -0.15) is 0 Å². The molecule has 1 aromatic heterocycles. The third kappa shape index (κ3) is 4.44. The summed E-state index contributed by atoms with van der Waals surface area (Å²) in [4.78, 5) is 21.3. The molecule has 0 spiro atoms. The Kier molecular flexibility index (Phi) is 5.91. The number of allylic oxidation sites excluding steroid dienone is 1. The van der Waals surface area contributed by atoms with Crippen molar-refractivity contribution in [3.05, 3.63) is 64.4 Å². The smallest absolute Gasteiger partial charge is 0.357 e. The van der Waals surface area contributed by atoms with Crippen LogP contribution in [0.15, 0.2) is 36.0 Å². The molecule has 0 fully saturated rings. The number of aromatic nitrogens is 2. The van der Waals surface area contributed by atoms with Crippen LogP contribution in [0.1, 0.15) is 66.7 Å². The first-order valence-corrected chi connectivity index (χ1v) is 8.43. The Labute approximate surface area is 149 Å². The maximum absolute atomic E-state index is 12.2. The van der Waals surface area contributed by atoms with E-state index in [1.165, 1.54) is 0 Å². The predicted octanol–water partition coefficient (Wildman–Crippen LogP) is 3.82. The van der Waals surface area contributed by atoms with Crippen LogP contribution in [-0.2, 0) is 4.74 Å². The summed E-state index contributed by atoms with van der Waals surface area (Å²) in [6.07, 6.45) is 0. The van der Waals surface area contributed by atoms with Crippen molar-refractivity contribution >= 4 is 11.5 Å². The van der Waals surface area contributed by atoms with E-state index < -0.39 is 5.97 Å². The first-order valence-electron chi connectivity index (χ1n) is 8.43. The molecule has 25 heavy (non-hydrogen) atoms. The van der Waals surface area contributed by atoms with E-state index >= 15 is 0 Å². The van der Waals surface area contributed by atoms with Gasteiger partial charge in [-0.25, -0.2) is 14.8 Å². The highest BCUT2D eigenvalue weighted by molar-refractivity contribution is 5.88. The number of hydrogen-bond acceptors (Lipinski definition) is 5. The van der Waals surface area contributed by atoms with Crippen LogP contribution in [0.5, 0.6) is 0 Å². The molecule has 0 atom stereocenters. The maximum atomic E-state index is 12.2. The van der Waals surface area contributed by atoms with Crippen molar-refractivity contribution in [2.45, 2.75) is 40.5 Å². The van der Waals surface area contributed by atoms with E-state index in [4.69, 9.17) is 10.5 Å². The van der Waals surface area contributed by atoms with Gasteiger partial charge < -0.3 is 10.5 Å².